The van der Waals surface area contributed by atoms with Gasteiger partial charge in [0.15, 0.2) is 0 Å². The highest BCUT2D eigenvalue weighted by molar-refractivity contribution is 6.07. The third-order valence-electron chi connectivity index (χ3n) is 4.28. The normalized spacial score (nSPS) is 15.0. The second-order valence-electron chi connectivity index (χ2n) is 6.14. The number of anilines is 2. The third-order valence-corrected chi connectivity index (χ3v) is 4.28. The van der Waals surface area contributed by atoms with Gasteiger partial charge in [0.25, 0.3) is 5.91 Å². The van der Waals surface area contributed by atoms with Crippen molar-refractivity contribution < 1.29 is 19.5 Å². The van der Waals surface area contributed by atoms with E-state index in [-0.39, 0.29) is 17.9 Å². The summed E-state index contributed by atoms with van der Waals surface area (Å²) in [6.45, 7) is 1.49. The number of fused-ring (bicyclic) bond motifs is 1. The van der Waals surface area contributed by atoms with Crippen molar-refractivity contribution in [3.05, 3.63) is 59.2 Å². The van der Waals surface area contributed by atoms with Crippen LogP contribution in [0.5, 0.6) is 0 Å². The van der Waals surface area contributed by atoms with E-state index in [0.29, 0.717) is 16.9 Å². The molecule has 7 heteroatoms. The summed E-state index contributed by atoms with van der Waals surface area (Å²) >= 11 is 0. The molecule has 134 valence electrons. The molecule has 1 aliphatic rings. The van der Waals surface area contributed by atoms with Crippen LogP contribution in [0.3, 0.4) is 0 Å². The first-order chi connectivity index (χ1) is 12.4. The van der Waals surface area contributed by atoms with Gasteiger partial charge in [-0.1, -0.05) is 18.2 Å². The molecule has 3 amide bonds. The summed E-state index contributed by atoms with van der Waals surface area (Å²) in [6, 6.07) is 12.0. The van der Waals surface area contributed by atoms with E-state index < -0.39 is 6.09 Å². The molecule has 7 nitrogen and oxygen atoms in total. The van der Waals surface area contributed by atoms with Crippen LogP contribution in [0.1, 0.15) is 40.9 Å². The quantitative estimate of drug-likeness (QED) is 0.677. The Bertz CT molecular complexity index is 879. The maximum absolute atomic E-state index is 12.6. The van der Waals surface area contributed by atoms with E-state index in [1.54, 1.807) is 30.3 Å². The number of aryl methyl sites for hydroxylation is 1. The molecule has 0 aliphatic heterocycles. The van der Waals surface area contributed by atoms with E-state index in [1.807, 2.05) is 12.1 Å². The molecule has 2 aromatic carbocycles. The van der Waals surface area contributed by atoms with E-state index in [2.05, 4.69) is 16.0 Å². The Balaban J connectivity index is 1.78. The van der Waals surface area contributed by atoms with Gasteiger partial charge in [0.2, 0.25) is 5.91 Å². The lowest BCUT2D eigenvalue weighted by Gasteiger charge is -2.13. The number of hydrogen-bond acceptors (Lipinski definition) is 3. The van der Waals surface area contributed by atoms with Gasteiger partial charge in [-0.3, -0.25) is 14.9 Å². The Morgan fingerprint density at radius 3 is 2.38 bits per heavy atom. The molecule has 0 radical (unpaired) electrons. The molecule has 1 unspecified atom stereocenters. The number of carbonyl (C=O) groups excluding carboxylic acids is 2. The van der Waals surface area contributed by atoms with E-state index in [1.165, 1.54) is 6.92 Å². The summed E-state index contributed by atoms with van der Waals surface area (Å²) in [7, 11) is 0. The van der Waals surface area contributed by atoms with Crippen molar-refractivity contribution in [2.75, 3.05) is 10.6 Å². The predicted molar refractivity (Wildman–Crippen MR) is 97.4 cm³/mol. The molecule has 0 heterocycles. The molecule has 0 saturated carbocycles. The molecule has 0 fully saturated rings. The summed E-state index contributed by atoms with van der Waals surface area (Å²) in [5.41, 5.74) is 3.24. The Morgan fingerprint density at radius 1 is 1.04 bits per heavy atom. The summed E-state index contributed by atoms with van der Waals surface area (Å²) in [5, 5.41) is 16.8. The minimum absolute atomic E-state index is 0.0138. The maximum atomic E-state index is 12.6. The fourth-order valence-electron chi connectivity index (χ4n) is 3.16. The van der Waals surface area contributed by atoms with Gasteiger partial charge in [-0.05, 0) is 48.2 Å². The Labute approximate surface area is 150 Å². The first-order valence-electron chi connectivity index (χ1n) is 8.24. The second kappa shape index (κ2) is 7.26. The average molecular weight is 353 g/mol. The number of benzene rings is 2. The minimum atomic E-state index is -1.20. The Hall–Kier alpha value is -3.35. The maximum Gasteiger partial charge on any atom is 0.409 e. The SMILES string of the molecule is CC(=O)NC1CCc2cc(C(=O)Nc3ccccc3NC(=O)O)ccc21. The molecule has 0 saturated heterocycles. The highest BCUT2D eigenvalue weighted by atomic mass is 16.4. The van der Waals surface area contributed by atoms with Crippen LogP contribution in [0.15, 0.2) is 42.5 Å². The average Bonchev–Trinajstić information content (AvgIpc) is 2.97. The first kappa shape index (κ1) is 17.5. The molecule has 0 spiro atoms. The zero-order chi connectivity index (χ0) is 18.7. The van der Waals surface area contributed by atoms with Crippen LogP contribution < -0.4 is 16.0 Å². The summed E-state index contributed by atoms with van der Waals surface area (Å²) in [6.07, 6.45) is 0.400. The van der Waals surface area contributed by atoms with Crippen molar-refractivity contribution in [3.8, 4) is 0 Å². The van der Waals surface area contributed by atoms with E-state index >= 15 is 0 Å². The smallest absolute Gasteiger partial charge is 0.409 e. The molecule has 1 atom stereocenters. The van der Waals surface area contributed by atoms with Crippen LogP contribution in [0, 0.1) is 0 Å². The molecule has 0 aromatic heterocycles. The number of hydrogen-bond donors (Lipinski definition) is 4. The van der Waals surface area contributed by atoms with Crippen LogP contribution in [0.2, 0.25) is 0 Å². The van der Waals surface area contributed by atoms with Gasteiger partial charge in [-0.2, -0.15) is 0 Å². The Morgan fingerprint density at radius 2 is 1.73 bits per heavy atom. The molecule has 26 heavy (non-hydrogen) atoms. The number of para-hydroxylation sites is 2. The van der Waals surface area contributed by atoms with E-state index in [9.17, 15) is 14.4 Å². The van der Waals surface area contributed by atoms with Crippen LogP contribution in [0.25, 0.3) is 0 Å². The van der Waals surface area contributed by atoms with Crippen molar-refractivity contribution in [3.63, 3.8) is 0 Å². The molecule has 0 bridgehead atoms. The van der Waals surface area contributed by atoms with Crippen LogP contribution in [-0.2, 0) is 11.2 Å². The topological polar surface area (TPSA) is 108 Å². The monoisotopic (exact) mass is 353 g/mol. The molecule has 4 N–H and O–H groups in total. The predicted octanol–water partition coefficient (Wildman–Crippen LogP) is 3.15. The Kier molecular flexibility index (Phi) is 4.88. The van der Waals surface area contributed by atoms with Crippen molar-refractivity contribution in [2.24, 2.45) is 0 Å². The van der Waals surface area contributed by atoms with Crippen LogP contribution in [-0.4, -0.2) is 23.0 Å². The molecular formula is C19H19N3O4. The number of nitrogens with one attached hydrogen (secondary N) is 3. The fraction of sp³-hybridized carbons (Fsp3) is 0.211. The summed E-state index contributed by atoms with van der Waals surface area (Å²) in [4.78, 5) is 34.7. The summed E-state index contributed by atoms with van der Waals surface area (Å²) in [5.74, 6) is -0.400. The standard InChI is InChI=1S/C19H19N3O4/c1-11(23)20-15-9-7-12-10-13(6-8-14(12)15)18(24)21-16-4-2-3-5-17(16)22-19(25)26/h2-6,8,10,15,22H,7,9H2,1H3,(H,20,23)(H,21,24)(H,25,26). The van der Waals surface area contributed by atoms with Crippen molar-refractivity contribution >= 4 is 29.3 Å². The van der Waals surface area contributed by atoms with Gasteiger partial charge >= 0.3 is 6.09 Å². The highest BCUT2D eigenvalue weighted by Crippen LogP contribution is 2.32. The van der Waals surface area contributed by atoms with Gasteiger partial charge in [-0.25, -0.2) is 4.79 Å². The molecule has 1 aliphatic carbocycles. The fourth-order valence-corrected chi connectivity index (χ4v) is 3.16. The number of amides is 3. The lowest BCUT2D eigenvalue weighted by molar-refractivity contribution is -0.119. The van der Waals surface area contributed by atoms with Gasteiger partial charge in [-0.15, -0.1) is 0 Å². The lowest BCUT2D eigenvalue weighted by atomic mass is 10.0. The van der Waals surface area contributed by atoms with E-state index in [4.69, 9.17) is 5.11 Å². The van der Waals surface area contributed by atoms with Crippen LogP contribution >= 0.6 is 0 Å². The molecule has 2 aromatic rings. The minimum Gasteiger partial charge on any atom is -0.465 e. The largest absolute Gasteiger partial charge is 0.465 e. The second-order valence-corrected chi connectivity index (χ2v) is 6.14. The highest BCUT2D eigenvalue weighted by Gasteiger charge is 2.24. The first-order valence-corrected chi connectivity index (χ1v) is 8.24. The van der Waals surface area contributed by atoms with E-state index in [0.717, 1.165) is 24.0 Å². The van der Waals surface area contributed by atoms with Gasteiger partial charge in [0.1, 0.15) is 0 Å². The van der Waals surface area contributed by atoms with Gasteiger partial charge in [0, 0.05) is 12.5 Å². The van der Waals surface area contributed by atoms with Crippen molar-refractivity contribution in [1.29, 1.82) is 0 Å². The van der Waals surface area contributed by atoms with Gasteiger partial charge in [0.05, 0.1) is 17.4 Å². The van der Waals surface area contributed by atoms with Crippen molar-refractivity contribution in [1.82, 2.24) is 5.32 Å². The number of carbonyl (C=O) groups is 3. The summed E-state index contributed by atoms with van der Waals surface area (Å²) < 4.78 is 0. The third kappa shape index (κ3) is 3.83. The molecule has 3 rings (SSSR count). The molecular weight excluding hydrogens is 334 g/mol. The van der Waals surface area contributed by atoms with Crippen molar-refractivity contribution in [2.45, 2.75) is 25.8 Å². The zero-order valence-corrected chi connectivity index (χ0v) is 14.2. The number of carboxylic acid groups (broad SMARTS) is 1. The van der Waals surface area contributed by atoms with Crippen LogP contribution in [0.4, 0.5) is 16.2 Å². The lowest BCUT2D eigenvalue weighted by Crippen LogP contribution is -2.24. The zero-order valence-electron chi connectivity index (χ0n) is 14.2. The number of rotatable bonds is 4. The van der Waals surface area contributed by atoms with Gasteiger partial charge < -0.3 is 15.7 Å².